The third-order valence-corrected chi connectivity index (χ3v) is 6.34. The Labute approximate surface area is 155 Å². The number of hydrogen-bond acceptors (Lipinski definition) is 4. The van der Waals surface area contributed by atoms with Crippen molar-refractivity contribution in [2.75, 3.05) is 11.9 Å². The molecule has 0 saturated carbocycles. The molecule has 27 heavy (non-hydrogen) atoms. The lowest BCUT2D eigenvalue weighted by atomic mass is 9.73. The van der Waals surface area contributed by atoms with Crippen LogP contribution in [0.2, 0.25) is 0 Å². The summed E-state index contributed by atoms with van der Waals surface area (Å²) in [4.78, 5) is 27.3. The van der Waals surface area contributed by atoms with Gasteiger partial charge in [0.25, 0.3) is 5.91 Å². The first-order chi connectivity index (χ1) is 13.0. The molecule has 3 unspecified atom stereocenters. The number of nitro groups is 1. The number of carbonyl (C=O) groups excluding carboxylic acids is 1. The number of amides is 1. The zero-order chi connectivity index (χ0) is 18.8. The highest BCUT2D eigenvalue weighted by Gasteiger charge is 2.71. The maximum absolute atomic E-state index is 13.5. The molecule has 2 fully saturated rings. The molecule has 4 atom stereocenters. The Morgan fingerprint density at radius 3 is 2.67 bits per heavy atom. The van der Waals surface area contributed by atoms with Gasteiger partial charge < -0.3 is 5.32 Å². The monoisotopic (exact) mass is 367 g/mol. The molecule has 0 bridgehead atoms. The normalized spacial score (nSPS) is 31.7. The number of fused-ring (bicyclic) bond motifs is 4. The van der Waals surface area contributed by atoms with E-state index in [0.717, 1.165) is 12.0 Å². The molecule has 2 aromatic rings. The standard InChI is InChI=1S/C20H18FN3O3/c21-13-9-7-12(8-10-13)17-18(24(26)27)16-6-3-11-23(16)20(17)14-4-1-2-5-15(14)22-19(20)25/h1-2,4-5,7-10,16-18H,3,6,11H2,(H,22,25)/t16?,17?,18?,20-/m1/s1. The zero-order valence-corrected chi connectivity index (χ0v) is 14.5. The van der Waals surface area contributed by atoms with Crippen LogP contribution < -0.4 is 5.32 Å². The summed E-state index contributed by atoms with van der Waals surface area (Å²) in [5, 5.41) is 15.1. The highest BCUT2D eigenvalue weighted by Crippen LogP contribution is 2.59. The fraction of sp³-hybridized carbons (Fsp3) is 0.350. The highest BCUT2D eigenvalue weighted by atomic mass is 19.1. The molecular formula is C20H18FN3O3. The lowest BCUT2D eigenvalue weighted by Gasteiger charge is -2.36. The van der Waals surface area contributed by atoms with Crippen molar-refractivity contribution in [3.63, 3.8) is 0 Å². The molecule has 3 aliphatic rings. The van der Waals surface area contributed by atoms with Crippen LogP contribution in [0.1, 0.15) is 29.9 Å². The summed E-state index contributed by atoms with van der Waals surface area (Å²) < 4.78 is 13.5. The molecule has 1 N–H and O–H groups in total. The predicted molar refractivity (Wildman–Crippen MR) is 96.4 cm³/mol. The van der Waals surface area contributed by atoms with Crippen molar-refractivity contribution in [3.05, 3.63) is 75.6 Å². The number of para-hydroxylation sites is 1. The number of carbonyl (C=O) groups is 1. The van der Waals surface area contributed by atoms with Gasteiger partial charge in [0, 0.05) is 22.7 Å². The Kier molecular flexibility index (Phi) is 3.40. The Morgan fingerprint density at radius 2 is 1.93 bits per heavy atom. The van der Waals surface area contributed by atoms with Crippen molar-refractivity contribution < 1.29 is 14.1 Å². The first kappa shape index (κ1) is 16.4. The van der Waals surface area contributed by atoms with E-state index in [4.69, 9.17) is 0 Å². The lowest BCUT2D eigenvalue weighted by Crippen LogP contribution is -2.50. The van der Waals surface area contributed by atoms with Crippen LogP contribution in [-0.4, -0.2) is 34.4 Å². The van der Waals surface area contributed by atoms with E-state index in [-0.39, 0.29) is 16.9 Å². The smallest absolute Gasteiger partial charge is 0.250 e. The fourth-order valence-electron chi connectivity index (χ4n) is 5.46. The summed E-state index contributed by atoms with van der Waals surface area (Å²) in [6.07, 6.45) is 1.50. The number of halogens is 1. The summed E-state index contributed by atoms with van der Waals surface area (Å²) in [7, 11) is 0. The highest BCUT2D eigenvalue weighted by molar-refractivity contribution is 6.07. The molecule has 3 aliphatic heterocycles. The molecule has 138 valence electrons. The maximum Gasteiger partial charge on any atom is 0.250 e. The Bertz CT molecular complexity index is 948. The quantitative estimate of drug-likeness (QED) is 0.654. The molecule has 2 saturated heterocycles. The van der Waals surface area contributed by atoms with E-state index in [2.05, 4.69) is 5.32 Å². The van der Waals surface area contributed by atoms with Crippen LogP contribution in [0, 0.1) is 15.9 Å². The van der Waals surface area contributed by atoms with Crippen molar-refractivity contribution in [2.24, 2.45) is 0 Å². The Morgan fingerprint density at radius 1 is 1.19 bits per heavy atom. The van der Waals surface area contributed by atoms with Gasteiger partial charge in [0.1, 0.15) is 11.4 Å². The second kappa shape index (κ2) is 5.60. The minimum Gasteiger partial charge on any atom is -0.324 e. The van der Waals surface area contributed by atoms with Crippen LogP contribution in [0.15, 0.2) is 48.5 Å². The van der Waals surface area contributed by atoms with Gasteiger partial charge >= 0.3 is 0 Å². The first-order valence-corrected chi connectivity index (χ1v) is 9.12. The molecule has 0 aromatic heterocycles. The molecule has 0 aliphatic carbocycles. The Balaban J connectivity index is 1.80. The van der Waals surface area contributed by atoms with E-state index in [1.54, 1.807) is 12.1 Å². The topological polar surface area (TPSA) is 75.5 Å². The molecule has 1 amide bonds. The number of hydrogen-bond donors (Lipinski definition) is 1. The van der Waals surface area contributed by atoms with Gasteiger partial charge in [-0.1, -0.05) is 30.3 Å². The first-order valence-electron chi connectivity index (χ1n) is 9.12. The van der Waals surface area contributed by atoms with E-state index in [1.807, 2.05) is 29.2 Å². The van der Waals surface area contributed by atoms with Crippen LogP contribution in [-0.2, 0) is 10.3 Å². The third kappa shape index (κ3) is 2.00. The number of nitrogens with one attached hydrogen (secondary N) is 1. The van der Waals surface area contributed by atoms with Crippen molar-refractivity contribution in [1.29, 1.82) is 0 Å². The van der Waals surface area contributed by atoms with Crippen molar-refractivity contribution in [1.82, 2.24) is 4.90 Å². The summed E-state index contributed by atoms with van der Waals surface area (Å²) in [6, 6.07) is 11.9. The molecule has 5 rings (SSSR count). The number of benzene rings is 2. The van der Waals surface area contributed by atoms with Gasteiger partial charge in [0.15, 0.2) is 0 Å². The van der Waals surface area contributed by atoms with Gasteiger partial charge in [-0.05, 0) is 36.6 Å². The van der Waals surface area contributed by atoms with E-state index in [0.29, 0.717) is 24.2 Å². The average Bonchev–Trinajstić information content (AvgIpc) is 3.29. The zero-order valence-electron chi connectivity index (χ0n) is 14.5. The van der Waals surface area contributed by atoms with Gasteiger partial charge in [-0.3, -0.25) is 19.8 Å². The predicted octanol–water partition coefficient (Wildman–Crippen LogP) is 2.88. The van der Waals surface area contributed by atoms with E-state index in [1.165, 1.54) is 12.1 Å². The minimum atomic E-state index is -1.13. The SMILES string of the molecule is O=C1Nc2ccccc2[C@@]12C(c1ccc(F)cc1)C([N+](=O)[O-])C1CCCN12. The molecule has 0 radical (unpaired) electrons. The fourth-order valence-corrected chi connectivity index (χ4v) is 5.46. The van der Waals surface area contributed by atoms with Crippen LogP contribution in [0.5, 0.6) is 0 Å². The largest absolute Gasteiger partial charge is 0.324 e. The second-order valence-electron chi connectivity index (χ2n) is 7.47. The van der Waals surface area contributed by atoms with Crippen molar-refractivity contribution in [2.45, 2.75) is 36.4 Å². The molecule has 1 spiro atoms. The van der Waals surface area contributed by atoms with E-state index < -0.39 is 23.3 Å². The van der Waals surface area contributed by atoms with Gasteiger partial charge in [0.05, 0.1) is 12.0 Å². The van der Waals surface area contributed by atoms with Crippen LogP contribution in [0.25, 0.3) is 0 Å². The van der Waals surface area contributed by atoms with Gasteiger partial charge in [-0.25, -0.2) is 4.39 Å². The van der Waals surface area contributed by atoms with E-state index >= 15 is 0 Å². The lowest BCUT2D eigenvalue weighted by molar-refractivity contribution is -0.527. The molecule has 2 aromatic carbocycles. The summed E-state index contributed by atoms with van der Waals surface area (Å²) in [5.74, 6) is -1.31. The third-order valence-electron chi connectivity index (χ3n) is 6.34. The molecular weight excluding hydrogens is 349 g/mol. The molecule has 7 heteroatoms. The van der Waals surface area contributed by atoms with Crippen molar-refractivity contribution in [3.8, 4) is 0 Å². The van der Waals surface area contributed by atoms with Crippen LogP contribution >= 0.6 is 0 Å². The van der Waals surface area contributed by atoms with Crippen molar-refractivity contribution >= 4 is 11.6 Å². The van der Waals surface area contributed by atoms with E-state index in [9.17, 15) is 19.3 Å². The Hall–Kier alpha value is -2.80. The molecule has 6 nitrogen and oxygen atoms in total. The summed E-state index contributed by atoms with van der Waals surface area (Å²) in [6.45, 7) is 0.633. The second-order valence-corrected chi connectivity index (χ2v) is 7.47. The number of rotatable bonds is 2. The molecule has 3 heterocycles. The van der Waals surface area contributed by atoms with Crippen LogP contribution in [0.3, 0.4) is 0 Å². The minimum absolute atomic E-state index is 0.228. The summed E-state index contributed by atoms with van der Waals surface area (Å²) in [5.41, 5.74) is 0.969. The maximum atomic E-state index is 13.5. The van der Waals surface area contributed by atoms with Gasteiger partial charge in [0.2, 0.25) is 6.04 Å². The van der Waals surface area contributed by atoms with Gasteiger partial charge in [-0.15, -0.1) is 0 Å². The van der Waals surface area contributed by atoms with Crippen LogP contribution in [0.4, 0.5) is 10.1 Å². The number of anilines is 1. The summed E-state index contributed by atoms with van der Waals surface area (Å²) >= 11 is 0. The number of nitrogens with zero attached hydrogens (tertiary/aromatic N) is 2. The average molecular weight is 367 g/mol. The van der Waals surface area contributed by atoms with Gasteiger partial charge in [-0.2, -0.15) is 0 Å².